The Morgan fingerprint density at radius 1 is 0.424 bits per heavy atom. The molecule has 0 bridgehead atoms. The van der Waals surface area contributed by atoms with E-state index in [1.807, 2.05) is 0 Å². The van der Waals surface area contributed by atoms with E-state index in [9.17, 15) is 43.9 Å². The molecule has 0 aromatic heterocycles. The van der Waals surface area contributed by atoms with Crippen LogP contribution in [0.15, 0.2) is 0 Å². The van der Waals surface area contributed by atoms with Crippen LogP contribution in [0.25, 0.3) is 0 Å². The molecule has 13 heteroatoms. The summed E-state index contributed by atoms with van der Waals surface area (Å²) in [6, 6.07) is -0.103. The average Bonchev–Trinajstić information content (AvgIpc) is 2.72. The van der Waals surface area contributed by atoms with Crippen molar-refractivity contribution < 1.29 is 48.0 Å². The van der Waals surface area contributed by atoms with Crippen LogP contribution in [0, 0.1) is 58.2 Å². The summed E-state index contributed by atoms with van der Waals surface area (Å²) in [6.45, 7) is 6.47. The van der Waals surface area contributed by atoms with Crippen LogP contribution in [-0.4, -0.2) is 16.6 Å². The highest BCUT2D eigenvalue weighted by atomic mass is 28.4. The highest BCUT2D eigenvalue weighted by Crippen LogP contribution is 2.30. The van der Waals surface area contributed by atoms with Gasteiger partial charge in [0.2, 0.25) is 11.6 Å². The van der Waals surface area contributed by atoms with Crippen LogP contribution in [0.3, 0.4) is 0 Å². The van der Waals surface area contributed by atoms with Crippen LogP contribution in [-0.2, 0) is 17.0 Å². The topological polar surface area (TPSA) is 9.23 Å². The maximum absolute atomic E-state index is 13.9. The van der Waals surface area contributed by atoms with Crippen molar-refractivity contribution in [2.75, 3.05) is 0 Å². The lowest BCUT2D eigenvalue weighted by Crippen LogP contribution is -2.44. The van der Waals surface area contributed by atoms with E-state index in [4.69, 9.17) is 4.12 Å². The maximum atomic E-state index is 13.9. The molecule has 33 heavy (non-hydrogen) atoms. The number of hydrogen-bond acceptors (Lipinski definition) is 1. The van der Waals surface area contributed by atoms with E-state index in [2.05, 4.69) is 0 Å². The molecule has 0 spiro atoms. The molecule has 0 amide bonds. The van der Waals surface area contributed by atoms with Crippen LogP contribution in [0.2, 0.25) is 38.3 Å². The van der Waals surface area contributed by atoms with Crippen molar-refractivity contribution in [3.8, 4) is 0 Å². The number of halogens is 10. The van der Waals surface area contributed by atoms with Gasteiger partial charge in [0, 0.05) is 11.1 Å². The first kappa shape index (κ1) is 27.4. The van der Waals surface area contributed by atoms with E-state index in [1.165, 1.54) is 0 Å². The Balaban J connectivity index is 2.14. The third-order valence-corrected chi connectivity index (χ3v) is 12.4. The van der Waals surface area contributed by atoms with E-state index < -0.39 is 98.8 Å². The molecule has 0 aliphatic carbocycles. The van der Waals surface area contributed by atoms with Crippen molar-refractivity contribution >= 4 is 16.6 Å². The summed E-state index contributed by atoms with van der Waals surface area (Å²) in [4.78, 5) is 0. The first-order valence-electron chi connectivity index (χ1n) is 9.71. The molecular formula is C20H20F10OSi2. The third-order valence-electron chi connectivity index (χ3n) is 5.11. The van der Waals surface area contributed by atoms with E-state index in [1.54, 1.807) is 26.2 Å². The lowest BCUT2D eigenvalue weighted by Gasteiger charge is -2.34. The summed E-state index contributed by atoms with van der Waals surface area (Å²) < 4.78 is 142. The van der Waals surface area contributed by atoms with Gasteiger partial charge in [-0.05, 0) is 51.1 Å². The molecule has 0 radical (unpaired) electrons. The first-order valence-corrected chi connectivity index (χ1v) is 15.9. The first-order chi connectivity index (χ1) is 15.0. The zero-order valence-electron chi connectivity index (χ0n) is 18.0. The van der Waals surface area contributed by atoms with Crippen LogP contribution in [0.5, 0.6) is 0 Å². The largest absolute Gasteiger partial charge is 0.455 e. The van der Waals surface area contributed by atoms with E-state index in [0.717, 1.165) is 0 Å². The standard InChI is InChI=1S/C20H20F10OSi2/c1-32(2,7-5-9-11(21)15(25)19(29)16(26)12(9)22)31-33(3,4)8-6-10-13(23)17(27)20(30)18(28)14(10)24/h5-8H2,1-4H3. The maximum Gasteiger partial charge on any atom is 0.200 e. The lowest BCUT2D eigenvalue weighted by molar-refractivity contribution is 0.370. The summed E-state index contributed by atoms with van der Waals surface area (Å²) in [5.41, 5.74) is -1.95. The summed E-state index contributed by atoms with van der Waals surface area (Å²) in [7, 11) is -5.64. The molecule has 0 N–H and O–H groups in total. The van der Waals surface area contributed by atoms with Crippen LogP contribution >= 0.6 is 0 Å². The van der Waals surface area contributed by atoms with Gasteiger partial charge in [0.05, 0.1) is 0 Å². The molecule has 1 nitrogen and oxygen atoms in total. The van der Waals surface area contributed by atoms with Gasteiger partial charge in [-0.1, -0.05) is 0 Å². The van der Waals surface area contributed by atoms with Gasteiger partial charge in [-0.25, -0.2) is 43.9 Å². The van der Waals surface area contributed by atoms with E-state index in [-0.39, 0.29) is 12.1 Å². The van der Waals surface area contributed by atoms with Crippen molar-refractivity contribution in [1.82, 2.24) is 0 Å². The SMILES string of the molecule is C[Si](C)(CCc1c(F)c(F)c(F)c(F)c1F)O[Si](C)(C)CCc1c(F)c(F)c(F)c(F)c1F. The summed E-state index contributed by atoms with van der Waals surface area (Å²) >= 11 is 0. The Morgan fingerprint density at radius 2 is 0.636 bits per heavy atom. The minimum absolute atomic E-state index is 0.0513. The molecule has 0 heterocycles. The van der Waals surface area contributed by atoms with E-state index in [0.29, 0.717) is 0 Å². The predicted octanol–water partition coefficient (Wildman–Crippen LogP) is 7.29. The molecule has 2 rings (SSSR count). The monoisotopic (exact) mass is 522 g/mol. The molecule has 0 saturated carbocycles. The average molecular weight is 523 g/mol. The molecule has 0 aliphatic heterocycles. The molecule has 0 fully saturated rings. The van der Waals surface area contributed by atoms with Crippen LogP contribution in [0.4, 0.5) is 43.9 Å². The molecule has 184 valence electrons. The molecule has 0 atom stereocenters. The highest BCUT2D eigenvalue weighted by molar-refractivity contribution is 6.84. The molecule has 0 aliphatic rings. The summed E-state index contributed by atoms with van der Waals surface area (Å²) in [6.07, 6.45) is -1.01. The van der Waals surface area contributed by atoms with Gasteiger partial charge in [-0.3, -0.25) is 0 Å². The second-order valence-corrected chi connectivity index (χ2v) is 17.6. The lowest BCUT2D eigenvalue weighted by atomic mass is 10.1. The quantitative estimate of drug-likeness (QED) is 0.153. The Labute approximate surface area is 185 Å². The second kappa shape index (κ2) is 9.78. The van der Waals surface area contributed by atoms with Gasteiger partial charge in [-0.15, -0.1) is 0 Å². The predicted molar refractivity (Wildman–Crippen MR) is 106 cm³/mol. The van der Waals surface area contributed by atoms with Crippen LogP contribution < -0.4 is 0 Å². The van der Waals surface area contributed by atoms with Gasteiger partial charge in [-0.2, -0.15) is 0 Å². The fraction of sp³-hybridized carbons (Fsp3) is 0.400. The summed E-state index contributed by atoms with van der Waals surface area (Å²) in [5, 5.41) is 0. The molecule has 2 aromatic carbocycles. The van der Waals surface area contributed by atoms with Gasteiger partial charge in [0.25, 0.3) is 0 Å². The fourth-order valence-corrected chi connectivity index (χ4v) is 11.9. The molecule has 0 unspecified atom stereocenters. The molecule has 2 aromatic rings. The van der Waals surface area contributed by atoms with Crippen molar-refractivity contribution in [3.05, 3.63) is 69.3 Å². The van der Waals surface area contributed by atoms with E-state index >= 15 is 0 Å². The van der Waals surface area contributed by atoms with Crippen LogP contribution in [0.1, 0.15) is 11.1 Å². The molecule has 0 saturated heterocycles. The normalized spacial score (nSPS) is 12.5. The minimum atomic E-state index is -2.82. The molecular weight excluding hydrogens is 502 g/mol. The van der Waals surface area contributed by atoms with Crippen molar-refractivity contribution in [3.63, 3.8) is 0 Å². The minimum Gasteiger partial charge on any atom is -0.455 e. The van der Waals surface area contributed by atoms with Gasteiger partial charge >= 0.3 is 0 Å². The van der Waals surface area contributed by atoms with Gasteiger partial charge in [0.15, 0.2) is 63.2 Å². The number of hydrogen-bond donors (Lipinski definition) is 0. The highest BCUT2D eigenvalue weighted by Gasteiger charge is 2.35. The van der Waals surface area contributed by atoms with Crippen molar-refractivity contribution in [2.24, 2.45) is 0 Å². The summed E-state index contributed by atoms with van der Waals surface area (Å²) in [5.74, 6) is -20.5. The van der Waals surface area contributed by atoms with Crippen molar-refractivity contribution in [2.45, 2.75) is 51.1 Å². The number of benzene rings is 2. The Morgan fingerprint density at radius 3 is 0.879 bits per heavy atom. The smallest absolute Gasteiger partial charge is 0.200 e. The zero-order valence-corrected chi connectivity index (χ0v) is 20.0. The van der Waals surface area contributed by atoms with Gasteiger partial charge < -0.3 is 4.12 Å². The van der Waals surface area contributed by atoms with Crippen molar-refractivity contribution in [1.29, 1.82) is 0 Å². The third kappa shape index (κ3) is 5.80. The fourth-order valence-electron chi connectivity index (χ4n) is 3.44. The second-order valence-electron chi connectivity index (χ2n) is 8.72. The number of rotatable bonds is 8. The Kier molecular flexibility index (Phi) is 8.12. The zero-order chi connectivity index (χ0) is 25.5. The Bertz CT molecular complexity index is 930. The Hall–Kier alpha value is -1.87. The van der Waals surface area contributed by atoms with Gasteiger partial charge in [0.1, 0.15) is 0 Å².